The topological polar surface area (TPSA) is 60.4 Å². The second-order valence-electron chi connectivity index (χ2n) is 7.54. The van der Waals surface area contributed by atoms with Gasteiger partial charge in [0, 0.05) is 24.6 Å². The lowest BCUT2D eigenvalue weighted by atomic mass is 9.85. The largest absolute Gasteiger partial charge is 0.454 e. The van der Waals surface area contributed by atoms with Crippen molar-refractivity contribution in [2.75, 3.05) is 20.6 Å². The van der Waals surface area contributed by atoms with Crippen molar-refractivity contribution in [2.45, 2.75) is 31.0 Å². The Labute approximate surface area is 150 Å². The lowest BCUT2D eigenvalue weighted by molar-refractivity contribution is -0.0307. The molecule has 3 heterocycles. The van der Waals surface area contributed by atoms with Crippen LogP contribution in [0.4, 0.5) is 0 Å². The molecule has 0 fully saturated rings. The molecule has 0 bridgehead atoms. The summed E-state index contributed by atoms with van der Waals surface area (Å²) in [6, 6.07) is 7.98. The first-order valence-electron chi connectivity index (χ1n) is 8.89. The van der Waals surface area contributed by atoms with Crippen molar-refractivity contribution < 1.29 is 24.1 Å². The first kappa shape index (κ1) is 14.7. The molecule has 6 rings (SSSR count). The molecular weight excluding hydrogens is 334 g/mol. The van der Waals surface area contributed by atoms with Gasteiger partial charge in [0.25, 0.3) is 0 Å². The van der Waals surface area contributed by atoms with E-state index in [2.05, 4.69) is 18.0 Å². The van der Waals surface area contributed by atoms with Gasteiger partial charge in [-0.3, -0.25) is 4.90 Å². The molecule has 2 aromatic rings. The highest BCUT2D eigenvalue weighted by Gasteiger charge is 2.50. The molecule has 6 heteroatoms. The summed E-state index contributed by atoms with van der Waals surface area (Å²) in [5.74, 6) is 3.11. The Kier molecular flexibility index (Phi) is 2.74. The van der Waals surface area contributed by atoms with Crippen LogP contribution in [-0.4, -0.2) is 36.7 Å². The van der Waals surface area contributed by atoms with E-state index >= 15 is 0 Å². The van der Waals surface area contributed by atoms with Crippen molar-refractivity contribution in [3.05, 3.63) is 46.5 Å². The first-order chi connectivity index (χ1) is 12.6. The zero-order valence-electron chi connectivity index (χ0n) is 14.4. The van der Waals surface area contributed by atoms with E-state index in [9.17, 15) is 5.11 Å². The van der Waals surface area contributed by atoms with E-state index in [1.165, 1.54) is 0 Å². The fraction of sp³-hybridized carbons (Fsp3) is 0.400. The van der Waals surface area contributed by atoms with Crippen molar-refractivity contribution in [2.24, 2.45) is 0 Å². The molecule has 1 N–H and O–H groups in total. The van der Waals surface area contributed by atoms with Crippen LogP contribution in [0.15, 0.2) is 24.3 Å². The van der Waals surface area contributed by atoms with E-state index < -0.39 is 5.60 Å². The van der Waals surface area contributed by atoms with Crippen LogP contribution in [0.2, 0.25) is 0 Å². The summed E-state index contributed by atoms with van der Waals surface area (Å²) in [6.07, 6.45) is 1.33. The molecule has 4 aliphatic rings. The summed E-state index contributed by atoms with van der Waals surface area (Å²) >= 11 is 0. The van der Waals surface area contributed by atoms with Crippen LogP contribution in [-0.2, 0) is 25.0 Å². The SMILES string of the molecule is CN1Cc2c(ccc3c2OCO3)CC2(O)c3cc4c(cc3CC12)OCO4. The Morgan fingerprint density at radius 3 is 2.65 bits per heavy atom. The van der Waals surface area contributed by atoms with Crippen molar-refractivity contribution in [3.63, 3.8) is 0 Å². The average Bonchev–Trinajstić information content (AvgIpc) is 3.32. The Morgan fingerprint density at radius 1 is 1.00 bits per heavy atom. The summed E-state index contributed by atoms with van der Waals surface area (Å²) in [6.45, 7) is 1.22. The molecule has 1 aliphatic carbocycles. The molecule has 134 valence electrons. The molecule has 0 saturated heterocycles. The first-order valence-corrected chi connectivity index (χ1v) is 8.89. The van der Waals surface area contributed by atoms with E-state index in [1.807, 2.05) is 18.2 Å². The summed E-state index contributed by atoms with van der Waals surface area (Å²) < 4.78 is 22.3. The van der Waals surface area contributed by atoms with E-state index in [0.717, 1.165) is 58.2 Å². The van der Waals surface area contributed by atoms with E-state index in [1.54, 1.807) is 0 Å². The Morgan fingerprint density at radius 2 is 1.77 bits per heavy atom. The van der Waals surface area contributed by atoms with Crippen LogP contribution < -0.4 is 18.9 Å². The molecule has 0 radical (unpaired) electrons. The molecule has 3 aliphatic heterocycles. The van der Waals surface area contributed by atoms with Gasteiger partial charge in [0.05, 0.1) is 0 Å². The molecule has 0 saturated carbocycles. The summed E-state index contributed by atoms with van der Waals surface area (Å²) in [4.78, 5) is 2.22. The summed E-state index contributed by atoms with van der Waals surface area (Å²) in [5, 5.41) is 11.8. The minimum absolute atomic E-state index is 0.00889. The number of ether oxygens (including phenoxy) is 4. The lowest BCUT2D eigenvalue weighted by Crippen LogP contribution is -2.46. The smallest absolute Gasteiger partial charge is 0.231 e. The maximum atomic E-state index is 11.8. The van der Waals surface area contributed by atoms with Gasteiger partial charge in [-0.2, -0.15) is 0 Å². The van der Waals surface area contributed by atoms with E-state index in [4.69, 9.17) is 18.9 Å². The predicted molar refractivity (Wildman–Crippen MR) is 91.7 cm³/mol. The van der Waals surface area contributed by atoms with Gasteiger partial charge in [0.1, 0.15) is 5.60 Å². The normalized spacial score (nSPS) is 27.7. The van der Waals surface area contributed by atoms with Gasteiger partial charge >= 0.3 is 0 Å². The highest BCUT2D eigenvalue weighted by Crippen LogP contribution is 2.50. The third kappa shape index (κ3) is 1.78. The highest BCUT2D eigenvalue weighted by atomic mass is 16.7. The van der Waals surface area contributed by atoms with Gasteiger partial charge < -0.3 is 24.1 Å². The third-order valence-corrected chi connectivity index (χ3v) is 6.17. The average molecular weight is 353 g/mol. The van der Waals surface area contributed by atoms with Crippen molar-refractivity contribution in [1.82, 2.24) is 4.90 Å². The van der Waals surface area contributed by atoms with Crippen LogP contribution in [0.25, 0.3) is 0 Å². The zero-order chi connectivity index (χ0) is 17.5. The minimum atomic E-state index is -0.968. The predicted octanol–water partition coefficient (Wildman–Crippen LogP) is 1.94. The number of hydrogen-bond donors (Lipinski definition) is 1. The van der Waals surface area contributed by atoms with Crippen LogP contribution in [0, 0.1) is 0 Å². The van der Waals surface area contributed by atoms with Gasteiger partial charge in [-0.15, -0.1) is 0 Å². The Balaban J connectivity index is 1.51. The minimum Gasteiger partial charge on any atom is -0.454 e. The number of rotatable bonds is 0. The molecule has 2 aromatic carbocycles. The van der Waals surface area contributed by atoms with Gasteiger partial charge in [0.2, 0.25) is 13.6 Å². The number of likely N-dealkylation sites (N-methyl/N-ethyl adjacent to an activating group) is 1. The molecule has 2 unspecified atom stereocenters. The second-order valence-corrected chi connectivity index (χ2v) is 7.54. The number of nitrogens with zero attached hydrogens (tertiary/aromatic N) is 1. The fourth-order valence-corrected chi connectivity index (χ4v) is 4.91. The van der Waals surface area contributed by atoms with Crippen LogP contribution >= 0.6 is 0 Å². The van der Waals surface area contributed by atoms with Gasteiger partial charge in [-0.1, -0.05) is 6.07 Å². The molecule has 26 heavy (non-hydrogen) atoms. The maximum absolute atomic E-state index is 11.8. The van der Waals surface area contributed by atoms with Crippen molar-refractivity contribution in [3.8, 4) is 23.0 Å². The monoisotopic (exact) mass is 353 g/mol. The number of aliphatic hydroxyl groups is 1. The Hall–Kier alpha value is -2.44. The standard InChI is InChI=1S/C20H19NO5/c1-21-8-13-11(2-3-15-19(13)26-10-23-15)7-20(22)14-6-17-16(24-9-25-17)4-12(14)5-18(20)21/h2-4,6,18,22H,5,7-10H2,1H3. The van der Waals surface area contributed by atoms with Gasteiger partial charge in [0.15, 0.2) is 23.0 Å². The maximum Gasteiger partial charge on any atom is 0.231 e. The fourth-order valence-electron chi connectivity index (χ4n) is 4.91. The molecule has 2 atom stereocenters. The van der Waals surface area contributed by atoms with Gasteiger partial charge in [-0.25, -0.2) is 0 Å². The lowest BCUT2D eigenvalue weighted by Gasteiger charge is -2.34. The zero-order valence-corrected chi connectivity index (χ0v) is 14.4. The molecule has 0 amide bonds. The molecule has 6 nitrogen and oxygen atoms in total. The molecule has 0 spiro atoms. The summed E-state index contributed by atoms with van der Waals surface area (Å²) in [5.41, 5.74) is 3.34. The van der Waals surface area contributed by atoms with Crippen LogP contribution in [0.1, 0.15) is 22.3 Å². The van der Waals surface area contributed by atoms with Gasteiger partial charge in [-0.05, 0) is 48.4 Å². The van der Waals surface area contributed by atoms with Crippen LogP contribution in [0.3, 0.4) is 0 Å². The number of benzene rings is 2. The molecular formula is C20H19NO5. The highest BCUT2D eigenvalue weighted by molar-refractivity contribution is 5.57. The van der Waals surface area contributed by atoms with E-state index in [0.29, 0.717) is 6.42 Å². The Bertz CT molecular complexity index is 942. The van der Waals surface area contributed by atoms with Crippen molar-refractivity contribution >= 4 is 0 Å². The number of hydrogen-bond acceptors (Lipinski definition) is 6. The van der Waals surface area contributed by atoms with Crippen molar-refractivity contribution in [1.29, 1.82) is 0 Å². The molecule has 0 aromatic heterocycles. The van der Waals surface area contributed by atoms with E-state index in [-0.39, 0.29) is 19.6 Å². The quantitative estimate of drug-likeness (QED) is 0.781. The summed E-state index contributed by atoms with van der Waals surface area (Å²) in [7, 11) is 2.06. The third-order valence-electron chi connectivity index (χ3n) is 6.17. The number of fused-ring (bicyclic) bond motifs is 7. The second kappa shape index (κ2) is 4.84. The van der Waals surface area contributed by atoms with Crippen LogP contribution in [0.5, 0.6) is 23.0 Å².